The molecule has 0 saturated carbocycles. The smallest absolute Gasteiger partial charge is 0.201 e. The Labute approximate surface area is 132 Å². The average molecular weight is 326 g/mol. The third kappa shape index (κ3) is 4.24. The summed E-state index contributed by atoms with van der Waals surface area (Å²) in [4.78, 5) is 0. The number of halogens is 4. The topological polar surface area (TPSA) is 9.23 Å². The van der Waals surface area contributed by atoms with Crippen molar-refractivity contribution in [1.82, 2.24) is 0 Å². The average Bonchev–Trinajstić information content (AvgIpc) is 2.54. The Bertz CT molecular complexity index is 670. The Balaban J connectivity index is 2.15. The molecule has 2 aromatic carbocycles. The summed E-state index contributed by atoms with van der Waals surface area (Å²) in [7, 11) is 0. The lowest BCUT2D eigenvalue weighted by atomic mass is 10.0. The summed E-state index contributed by atoms with van der Waals surface area (Å²) >= 11 is 0. The van der Waals surface area contributed by atoms with Gasteiger partial charge in [-0.05, 0) is 36.2 Å². The highest BCUT2D eigenvalue weighted by Crippen LogP contribution is 2.30. The van der Waals surface area contributed by atoms with Crippen LogP contribution < -0.4 is 4.74 Å². The van der Waals surface area contributed by atoms with Crippen molar-refractivity contribution < 1.29 is 22.3 Å². The maximum Gasteiger partial charge on any atom is 0.201 e. The van der Waals surface area contributed by atoms with Crippen molar-refractivity contribution in [2.45, 2.75) is 32.6 Å². The summed E-state index contributed by atoms with van der Waals surface area (Å²) in [6, 6.07) is 5.50. The van der Waals surface area contributed by atoms with Gasteiger partial charge in [-0.1, -0.05) is 32.3 Å². The minimum Gasteiger partial charge on any atom is -0.490 e. The first-order valence-electron chi connectivity index (χ1n) is 7.60. The van der Waals surface area contributed by atoms with E-state index in [4.69, 9.17) is 4.74 Å². The summed E-state index contributed by atoms with van der Waals surface area (Å²) in [5.41, 5.74) is -0.0745. The number of hydrogen-bond acceptors (Lipinski definition) is 1. The Hall–Kier alpha value is -2.04. The lowest BCUT2D eigenvalue weighted by Crippen LogP contribution is -2.02. The molecule has 0 spiro atoms. The summed E-state index contributed by atoms with van der Waals surface area (Å²) in [5, 5.41) is 0. The fourth-order valence-corrected chi connectivity index (χ4v) is 2.24. The quantitative estimate of drug-likeness (QED) is 0.457. The van der Waals surface area contributed by atoms with Gasteiger partial charge in [0, 0.05) is 5.56 Å². The van der Waals surface area contributed by atoms with E-state index < -0.39 is 23.3 Å². The van der Waals surface area contributed by atoms with Crippen molar-refractivity contribution in [3.8, 4) is 16.9 Å². The van der Waals surface area contributed by atoms with Crippen molar-refractivity contribution in [3.63, 3.8) is 0 Å². The molecular formula is C18H18F4O. The third-order valence-corrected chi connectivity index (χ3v) is 3.53. The second kappa shape index (κ2) is 7.99. The second-order valence-electron chi connectivity index (χ2n) is 5.28. The third-order valence-electron chi connectivity index (χ3n) is 3.53. The molecule has 2 aromatic rings. The first kappa shape index (κ1) is 17.3. The van der Waals surface area contributed by atoms with Crippen LogP contribution >= 0.6 is 0 Å². The maximum absolute atomic E-state index is 14.1. The Morgan fingerprint density at radius 2 is 1.61 bits per heavy atom. The molecule has 5 heteroatoms. The molecule has 0 aliphatic carbocycles. The summed E-state index contributed by atoms with van der Waals surface area (Å²) < 4.78 is 59.6. The van der Waals surface area contributed by atoms with Crippen LogP contribution in [0.1, 0.15) is 32.6 Å². The maximum atomic E-state index is 14.1. The summed E-state index contributed by atoms with van der Waals surface area (Å²) in [5.74, 6) is -4.59. The number of benzene rings is 2. The lowest BCUT2D eigenvalue weighted by molar-refractivity contribution is 0.285. The van der Waals surface area contributed by atoms with Crippen LogP contribution in [0.3, 0.4) is 0 Å². The van der Waals surface area contributed by atoms with Gasteiger partial charge in [0.15, 0.2) is 23.2 Å². The molecule has 0 aliphatic heterocycles. The summed E-state index contributed by atoms with van der Waals surface area (Å²) in [6.45, 7) is 2.38. The molecule has 0 aromatic heterocycles. The van der Waals surface area contributed by atoms with E-state index in [0.29, 0.717) is 6.61 Å². The number of hydrogen-bond donors (Lipinski definition) is 0. The van der Waals surface area contributed by atoms with Crippen LogP contribution in [-0.4, -0.2) is 6.61 Å². The molecule has 0 fully saturated rings. The molecule has 0 bridgehead atoms. The van der Waals surface area contributed by atoms with Gasteiger partial charge in [0.25, 0.3) is 0 Å². The molecular weight excluding hydrogens is 308 g/mol. The van der Waals surface area contributed by atoms with E-state index >= 15 is 0 Å². The predicted octanol–water partition coefficient (Wildman–Crippen LogP) is 5.87. The van der Waals surface area contributed by atoms with Gasteiger partial charge in [0.2, 0.25) is 5.82 Å². The van der Waals surface area contributed by atoms with Crippen LogP contribution in [0.4, 0.5) is 17.6 Å². The normalized spacial score (nSPS) is 10.8. The minimum atomic E-state index is -1.14. The van der Waals surface area contributed by atoms with Gasteiger partial charge in [0.1, 0.15) is 0 Å². The van der Waals surface area contributed by atoms with E-state index in [1.165, 1.54) is 18.2 Å². The van der Waals surface area contributed by atoms with Crippen molar-refractivity contribution in [2.75, 3.05) is 6.61 Å². The Morgan fingerprint density at radius 1 is 0.826 bits per heavy atom. The van der Waals surface area contributed by atoms with E-state index in [1.54, 1.807) is 0 Å². The van der Waals surface area contributed by atoms with Crippen LogP contribution in [-0.2, 0) is 0 Å². The molecule has 0 unspecified atom stereocenters. The van der Waals surface area contributed by atoms with Gasteiger partial charge >= 0.3 is 0 Å². The molecule has 0 N–H and O–H groups in total. The van der Waals surface area contributed by atoms with Crippen LogP contribution in [0.25, 0.3) is 11.1 Å². The fraction of sp³-hybridized carbons (Fsp3) is 0.333. The van der Waals surface area contributed by atoms with Gasteiger partial charge in [-0.3, -0.25) is 0 Å². The van der Waals surface area contributed by atoms with E-state index in [1.807, 2.05) is 0 Å². The van der Waals surface area contributed by atoms with E-state index in [0.717, 1.165) is 37.8 Å². The fourth-order valence-electron chi connectivity index (χ4n) is 2.24. The molecule has 0 aliphatic rings. The zero-order valence-corrected chi connectivity index (χ0v) is 12.8. The van der Waals surface area contributed by atoms with Gasteiger partial charge in [-0.25, -0.2) is 13.2 Å². The van der Waals surface area contributed by atoms with Crippen molar-refractivity contribution >= 4 is 0 Å². The first-order valence-corrected chi connectivity index (χ1v) is 7.60. The lowest BCUT2D eigenvalue weighted by Gasteiger charge is -2.10. The van der Waals surface area contributed by atoms with Gasteiger partial charge < -0.3 is 4.74 Å². The second-order valence-corrected chi connectivity index (χ2v) is 5.28. The molecule has 23 heavy (non-hydrogen) atoms. The van der Waals surface area contributed by atoms with E-state index in [-0.39, 0.29) is 16.9 Å². The van der Waals surface area contributed by atoms with Gasteiger partial charge in [-0.2, -0.15) is 4.39 Å². The minimum absolute atomic E-state index is 0.0646. The van der Waals surface area contributed by atoms with E-state index in [9.17, 15) is 17.6 Å². The van der Waals surface area contributed by atoms with Gasteiger partial charge in [0.05, 0.1) is 6.61 Å². The number of ether oxygens (including phenoxy) is 1. The largest absolute Gasteiger partial charge is 0.490 e. The molecule has 0 saturated heterocycles. The van der Waals surface area contributed by atoms with Gasteiger partial charge in [-0.15, -0.1) is 0 Å². The number of rotatable bonds is 7. The zero-order chi connectivity index (χ0) is 16.8. The Kier molecular flexibility index (Phi) is 6.02. The summed E-state index contributed by atoms with van der Waals surface area (Å²) in [6.07, 6.45) is 3.87. The highest BCUT2D eigenvalue weighted by atomic mass is 19.2. The zero-order valence-electron chi connectivity index (χ0n) is 12.8. The number of unbranched alkanes of at least 4 members (excludes halogenated alkanes) is 3. The molecule has 1 nitrogen and oxygen atoms in total. The van der Waals surface area contributed by atoms with Crippen molar-refractivity contribution in [1.29, 1.82) is 0 Å². The standard InChI is InChI=1S/C18H18F4O/c1-2-3-4-5-10-23-16-9-7-13(17(21)18(16)22)12-6-8-14(19)15(20)11-12/h6-9,11H,2-5,10H2,1H3. The molecule has 124 valence electrons. The molecule has 0 amide bonds. The molecule has 0 atom stereocenters. The first-order chi connectivity index (χ1) is 11.0. The van der Waals surface area contributed by atoms with Crippen LogP contribution in [0.2, 0.25) is 0 Å². The molecule has 2 rings (SSSR count). The Morgan fingerprint density at radius 3 is 2.30 bits per heavy atom. The monoisotopic (exact) mass is 326 g/mol. The molecule has 0 heterocycles. The highest BCUT2D eigenvalue weighted by Gasteiger charge is 2.16. The highest BCUT2D eigenvalue weighted by molar-refractivity contribution is 5.65. The predicted molar refractivity (Wildman–Crippen MR) is 81.3 cm³/mol. The molecule has 0 radical (unpaired) electrons. The van der Waals surface area contributed by atoms with Crippen molar-refractivity contribution in [3.05, 3.63) is 53.6 Å². The van der Waals surface area contributed by atoms with Crippen LogP contribution in [0.5, 0.6) is 5.75 Å². The van der Waals surface area contributed by atoms with Crippen LogP contribution in [0, 0.1) is 23.3 Å². The van der Waals surface area contributed by atoms with Crippen LogP contribution in [0.15, 0.2) is 30.3 Å². The van der Waals surface area contributed by atoms with Crippen molar-refractivity contribution in [2.24, 2.45) is 0 Å². The SMILES string of the molecule is CCCCCCOc1ccc(-c2ccc(F)c(F)c2)c(F)c1F. The van der Waals surface area contributed by atoms with E-state index in [2.05, 4.69) is 6.92 Å².